The first-order chi connectivity index (χ1) is 9.45. The van der Waals surface area contributed by atoms with E-state index in [0.29, 0.717) is 12.3 Å². The molecule has 1 aromatic rings. The highest BCUT2D eigenvalue weighted by Gasteiger charge is 2.17. The zero-order chi connectivity index (χ0) is 15.1. The molecule has 1 amide bonds. The number of carbonyl (C=O) groups excluding carboxylic acids is 1. The van der Waals surface area contributed by atoms with Crippen molar-refractivity contribution in [3.63, 3.8) is 0 Å². The van der Waals surface area contributed by atoms with Crippen LogP contribution in [0.15, 0.2) is 18.2 Å². The Hall–Kier alpha value is -1.66. The molecule has 0 fully saturated rings. The summed E-state index contributed by atoms with van der Waals surface area (Å²) in [6.07, 6.45) is 0. The number of hydrogen-bond donors (Lipinski definition) is 2. The first-order valence-corrected chi connectivity index (χ1v) is 6.43. The lowest BCUT2D eigenvalue weighted by Crippen LogP contribution is -2.34. The molecule has 0 saturated heterocycles. The second-order valence-corrected chi connectivity index (χ2v) is 4.62. The average Bonchev–Trinajstić information content (AvgIpc) is 2.40. The summed E-state index contributed by atoms with van der Waals surface area (Å²) < 4.78 is 23.7. The van der Waals surface area contributed by atoms with Crippen molar-refractivity contribution in [3.8, 4) is 5.75 Å². The Balaban J connectivity index is 2.65. The van der Waals surface area contributed by atoms with E-state index >= 15 is 0 Å². The number of rotatable bonds is 7. The zero-order valence-corrected chi connectivity index (χ0v) is 12.0. The van der Waals surface area contributed by atoms with Gasteiger partial charge in [-0.1, -0.05) is 6.92 Å². The second kappa shape index (κ2) is 7.81. The van der Waals surface area contributed by atoms with Gasteiger partial charge in [0.2, 0.25) is 5.91 Å². The lowest BCUT2D eigenvalue weighted by Gasteiger charge is -2.15. The van der Waals surface area contributed by atoms with Crippen LogP contribution in [0.2, 0.25) is 0 Å². The van der Waals surface area contributed by atoms with Crippen molar-refractivity contribution >= 4 is 11.6 Å². The van der Waals surface area contributed by atoms with Crippen molar-refractivity contribution in [1.82, 2.24) is 0 Å². The molecule has 6 heteroatoms. The number of methoxy groups -OCH3 is 1. The van der Waals surface area contributed by atoms with Gasteiger partial charge in [0, 0.05) is 24.9 Å². The Labute approximate surface area is 118 Å². The molecular weight excluding hydrogens is 263 g/mol. The van der Waals surface area contributed by atoms with Crippen molar-refractivity contribution < 1.29 is 18.7 Å². The fraction of sp³-hybridized carbons (Fsp3) is 0.500. The van der Waals surface area contributed by atoms with E-state index in [1.54, 1.807) is 19.9 Å². The van der Waals surface area contributed by atoms with Crippen LogP contribution in [0.25, 0.3) is 0 Å². The van der Waals surface area contributed by atoms with Crippen LogP contribution in [-0.2, 0) is 9.53 Å². The molecule has 0 radical (unpaired) electrons. The number of hydrogen-bond acceptors (Lipinski definition) is 4. The summed E-state index contributed by atoms with van der Waals surface area (Å²) in [5.41, 5.74) is 6.02. The van der Waals surface area contributed by atoms with E-state index in [1.807, 2.05) is 0 Å². The summed E-state index contributed by atoms with van der Waals surface area (Å²) in [4.78, 5) is 11.8. The number of nitrogens with one attached hydrogen (secondary N) is 1. The monoisotopic (exact) mass is 284 g/mol. The van der Waals surface area contributed by atoms with Crippen LogP contribution in [-0.4, -0.2) is 32.3 Å². The van der Waals surface area contributed by atoms with E-state index in [-0.39, 0.29) is 30.2 Å². The van der Waals surface area contributed by atoms with E-state index < -0.39 is 5.82 Å². The summed E-state index contributed by atoms with van der Waals surface area (Å²) >= 11 is 0. The molecule has 0 heterocycles. The highest BCUT2D eigenvalue weighted by atomic mass is 19.1. The summed E-state index contributed by atoms with van der Waals surface area (Å²) in [6, 6.07) is 4.00. The molecule has 0 aliphatic rings. The molecule has 3 N–H and O–H groups in total. The molecule has 0 aliphatic carbocycles. The van der Waals surface area contributed by atoms with E-state index in [2.05, 4.69) is 5.32 Å². The lowest BCUT2D eigenvalue weighted by molar-refractivity contribution is -0.119. The average molecular weight is 284 g/mol. The topological polar surface area (TPSA) is 73.6 Å². The summed E-state index contributed by atoms with van der Waals surface area (Å²) in [7, 11) is 1.54. The normalized spacial score (nSPS) is 13.7. The first kappa shape index (κ1) is 16.4. The predicted molar refractivity (Wildman–Crippen MR) is 75.2 cm³/mol. The molecule has 2 unspecified atom stereocenters. The van der Waals surface area contributed by atoms with Gasteiger partial charge in [0.15, 0.2) is 11.6 Å². The molecule has 0 saturated carbocycles. The third-order valence-corrected chi connectivity index (χ3v) is 2.95. The molecule has 112 valence electrons. The minimum absolute atomic E-state index is 0.125. The van der Waals surface area contributed by atoms with Gasteiger partial charge in [-0.25, -0.2) is 4.39 Å². The van der Waals surface area contributed by atoms with Crippen molar-refractivity contribution in [3.05, 3.63) is 24.0 Å². The molecule has 20 heavy (non-hydrogen) atoms. The molecule has 2 atom stereocenters. The van der Waals surface area contributed by atoms with E-state index in [1.165, 1.54) is 19.2 Å². The number of carbonyl (C=O) groups is 1. The fourth-order valence-electron chi connectivity index (χ4n) is 1.43. The molecule has 0 spiro atoms. The second-order valence-electron chi connectivity index (χ2n) is 4.62. The Morgan fingerprint density at radius 2 is 2.10 bits per heavy atom. The van der Waals surface area contributed by atoms with Crippen LogP contribution in [0.4, 0.5) is 10.1 Å². The van der Waals surface area contributed by atoms with Crippen molar-refractivity contribution in [2.45, 2.75) is 19.9 Å². The van der Waals surface area contributed by atoms with Crippen molar-refractivity contribution in [1.29, 1.82) is 0 Å². The number of amides is 1. The number of benzene rings is 1. The Morgan fingerprint density at radius 3 is 2.65 bits per heavy atom. The van der Waals surface area contributed by atoms with Gasteiger partial charge >= 0.3 is 0 Å². The number of anilines is 1. The largest absolute Gasteiger partial charge is 0.488 e. The maximum absolute atomic E-state index is 13.7. The van der Waals surface area contributed by atoms with E-state index in [4.69, 9.17) is 15.2 Å². The van der Waals surface area contributed by atoms with Crippen LogP contribution in [0.1, 0.15) is 13.8 Å². The van der Waals surface area contributed by atoms with Crippen LogP contribution in [0, 0.1) is 11.7 Å². The first-order valence-electron chi connectivity index (χ1n) is 6.43. The molecule has 1 rings (SSSR count). The summed E-state index contributed by atoms with van der Waals surface area (Å²) in [5.74, 6) is -1.00. The lowest BCUT2D eigenvalue weighted by atomic mass is 10.0. The molecule has 0 aromatic heterocycles. The van der Waals surface area contributed by atoms with Gasteiger partial charge in [-0.05, 0) is 19.1 Å². The van der Waals surface area contributed by atoms with Crippen molar-refractivity contribution in [2.24, 2.45) is 11.7 Å². The molecule has 5 nitrogen and oxygen atoms in total. The van der Waals surface area contributed by atoms with Gasteiger partial charge in [0.1, 0.15) is 6.61 Å². The van der Waals surface area contributed by atoms with Crippen LogP contribution >= 0.6 is 0 Å². The maximum atomic E-state index is 13.7. The quantitative estimate of drug-likeness (QED) is 0.748. The Bertz CT molecular complexity index is 452. The van der Waals surface area contributed by atoms with Gasteiger partial charge in [0.25, 0.3) is 0 Å². The number of ether oxygens (including phenoxy) is 2. The maximum Gasteiger partial charge on any atom is 0.228 e. The minimum Gasteiger partial charge on any atom is -0.488 e. The van der Waals surface area contributed by atoms with E-state index in [9.17, 15) is 9.18 Å². The minimum atomic E-state index is -0.535. The third kappa shape index (κ3) is 4.79. The Morgan fingerprint density at radius 1 is 1.40 bits per heavy atom. The highest BCUT2D eigenvalue weighted by molar-refractivity contribution is 5.92. The summed E-state index contributed by atoms with van der Waals surface area (Å²) in [6.45, 7) is 4.11. The zero-order valence-electron chi connectivity index (χ0n) is 12.0. The third-order valence-electron chi connectivity index (χ3n) is 2.95. The molecule has 1 aromatic carbocycles. The van der Waals surface area contributed by atoms with Gasteiger partial charge in [-0.3, -0.25) is 4.79 Å². The number of nitrogens with two attached hydrogens (primary N) is 1. The number of halogens is 1. The Kier molecular flexibility index (Phi) is 6.41. The smallest absolute Gasteiger partial charge is 0.228 e. The van der Waals surface area contributed by atoms with E-state index in [0.717, 1.165) is 0 Å². The van der Waals surface area contributed by atoms with Crippen LogP contribution < -0.4 is 15.8 Å². The summed E-state index contributed by atoms with van der Waals surface area (Å²) in [5, 5.41) is 2.62. The SMILES string of the molecule is COCCOc1ccc(NC(=O)C(C)C(C)N)cc1F. The molecule has 0 aliphatic heterocycles. The highest BCUT2D eigenvalue weighted by Crippen LogP contribution is 2.21. The van der Waals surface area contributed by atoms with Crippen LogP contribution in [0.3, 0.4) is 0 Å². The fourth-order valence-corrected chi connectivity index (χ4v) is 1.43. The molecule has 0 bridgehead atoms. The predicted octanol–water partition coefficient (Wildman–Crippen LogP) is 1.77. The van der Waals surface area contributed by atoms with Gasteiger partial charge < -0.3 is 20.5 Å². The van der Waals surface area contributed by atoms with Gasteiger partial charge in [-0.2, -0.15) is 0 Å². The molecular formula is C14H21FN2O3. The standard InChI is InChI=1S/C14H21FN2O3/c1-9(10(2)16)14(18)17-11-4-5-13(12(15)8-11)20-7-6-19-3/h4-5,8-10H,6-7,16H2,1-3H3,(H,17,18). The van der Waals surface area contributed by atoms with Gasteiger partial charge in [-0.15, -0.1) is 0 Å². The van der Waals surface area contributed by atoms with Gasteiger partial charge in [0.05, 0.1) is 12.5 Å². The van der Waals surface area contributed by atoms with Crippen molar-refractivity contribution in [2.75, 3.05) is 25.6 Å². The van der Waals surface area contributed by atoms with Crippen LogP contribution in [0.5, 0.6) is 5.75 Å².